The zero-order valence-electron chi connectivity index (χ0n) is 10.3. The first-order valence-electron chi connectivity index (χ1n) is 5.74. The van der Waals surface area contributed by atoms with E-state index >= 15 is 0 Å². The van der Waals surface area contributed by atoms with Gasteiger partial charge in [0, 0.05) is 10.0 Å². The van der Waals surface area contributed by atoms with Crippen LogP contribution in [0.5, 0.6) is 5.75 Å². The molecule has 0 unspecified atom stereocenters. The predicted octanol–water partition coefficient (Wildman–Crippen LogP) is 4.88. The third-order valence-electron chi connectivity index (χ3n) is 2.64. The van der Waals surface area contributed by atoms with Crippen LogP contribution in [0, 0.1) is 0 Å². The molecule has 0 saturated heterocycles. The largest absolute Gasteiger partial charge is 0.487 e. The van der Waals surface area contributed by atoms with Crippen LogP contribution in [0.2, 0.25) is 5.02 Å². The second kappa shape index (κ2) is 6.22. The van der Waals surface area contributed by atoms with Crippen LogP contribution < -0.4 is 4.74 Å². The van der Waals surface area contributed by atoms with Gasteiger partial charge in [-0.15, -0.1) is 0 Å². The topological polar surface area (TPSA) is 26.3 Å². The minimum Gasteiger partial charge on any atom is -0.487 e. The molecule has 0 N–H and O–H groups in total. The Morgan fingerprint density at radius 3 is 2.58 bits per heavy atom. The second-order valence-corrected chi connectivity index (χ2v) is 5.35. The van der Waals surface area contributed by atoms with Crippen molar-refractivity contribution in [3.8, 4) is 5.75 Å². The van der Waals surface area contributed by atoms with Gasteiger partial charge in [0.2, 0.25) is 0 Å². The van der Waals surface area contributed by atoms with Crippen LogP contribution in [0.1, 0.15) is 22.8 Å². The molecule has 0 spiro atoms. The van der Waals surface area contributed by atoms with Crippen LogP contribution >= 0.6 is 27.5 Å². The van der Waals surface area contributed by atoms with E-state index in [1.807, 2.05) is 30.3 Å². The number of ether oxygens (including phenoxy) is 1. The Morgan fingerprint density at radius 1 is 1.26 bits per heavy atom. The molecule has 0 bridgehead atoms. The van der Waals surface area contributed by atoms with Crippen molar-refractivity contribution in [2.24, 2.45) is 0 Å². The number of halogens is 2. The summed E-state index contributed by atoms with van der Waals surface area (Å²) in [6.07, 6.45) is 0. The van der Waals surface area contributed by atoms with Crippen molar-refractivity contribution in [1.82, 2.24) is 0 Å². The molecule has 0 aliphatic rings. The lowest BCUT2D eigenvalue weighted by Gasteiger charge is -2.10. The molecule has 0 aromatic heterocycles. The van der Waals surface area contributed by atoms with E-state index in [1.165, 1.54) is 6.92 Å². The van der Waals surface area contributed by atoms with Gasteiger partial charge in [-0.3, -0.25) is 4.79 Å². The standard InChI is InChI=1S/C15H12BrClO2/c1-10(18)12-7-14(17)15(8-13(12)16)19-9-11-5-3-2-4-6-11/h2-8H,9H2,1H3. The van der Waals surface area contributed by atoms with Crippen LogP contribution in [0.15, 0.2) is 46.9 Å². The zero-order valence-corrected chi connectivity index (χ0v) is 12.7. The second-order valence-electron chi connectivity index (χ2n) is 4.09. The number of ketones is 1. The van der Waals surface area contributed by atoms with E-state index in [9.17, 15) is 4.79 Å². The molecule has 0 fully saturated rings. The zero-order chi connectivity index (χ0) is 13.8. The highest BCUT2D eigenvalue weighted by Crippen LogP contribution is 2.32. The number of rotatable bonds is 4. The van der Waals surface area contributed by atoms with Gasteiger partial charge in [-0.2, -0.15) is 0 Å². The molecule has 0 atom stereocenters. The highest BCUT2D eigenvalue weighted by molar-refractivity contribution is 9.10. The van der Waals surface area contributed by atoms with Crippen LogP contribution in [-0.2, 0) is 6.61 Å². The van der Waals surface area contributed by atoms with Crippen LogP contribution in [-0.4, -0.2) is 5.78 Å². The molecule has 0 radical (unpaired) electrons. The van der Waals surface area contributed by atoms with Crippen molar-refractivity contribution in [2.75, 3.05) is 0 Å². The van der Waals surface area contributed by atoms with E-state index in [4.69, 9.17) is 16.3 Å². The molecule has 0 aliphatic carbocycles. The molecule has 2 aromatic rings. The fourth-order valence-electron chi connectivity index (χ4n) is 1.64. The fourth-order valence-corrected chi connectivity index (χ4v) is 2.46. The van der Waals surface area contributed by atoms with Crippen LogP contribution in [0.25, 0.3) is 0 Å². The van der Waals surface area contributed by atoms with E-state index < -0.39 is 0 Å². The average molecular weight is 340 g/mol. The summed E-state index contributed by atoms with van der Waals surface area (Å²) in [5, 5.41) is 0.435. The van der Waals surface area contributed by atoms with Crippen molar-refractivity contribution in [2.45, 2.75) is 13.5 Å². The number of Topliss-reactive ketones (excluding diaryl/α,β-unsaturated/α-hetero) is 1. The van der Waals surface area contributed by atoms with Gasteiger partial charge in [-0.1, -0.05) is 41.9 Å². The maximum absolute atomic E-state index is 11.4. The lowest BCUT2D eigenvalue weighted by molar-refractivity contribution is 0.101. The van der Waals surface area contributed by atoms with Gasteiger partial charge in [-0.05, 0) is 40.5 Å². The van der Waals surface area contributed by atoms with Crippen LogP contribution in [0.3, 0.4) is 0 Å². The maximum atomic E-state index is 11.4. The first-order chi connectivity index (χ1) is 9.08. The van der Waals surface area contributed by atoms with Crippen molar-refractivity contribution in [3.05, 3.63) is 63.1 Å². The smallest absolute Gasteiger partial charge is 0.160 e. The normalized spacial score (nSPS) is 10.3. The van der Waals surface area contributed by atoms with E-state index in [1.54, 1.807) is 12.1 Å². The predicted molar refractivity (Wildman–Crippen MR) is 79.9 cm³/mol. The molecular formula is C15H12BrClO2. The van der Waals surface area contributed by atoms with Crippen molar-refractivity contribution in [3.63, 3.8) is 0 Å². The molecule has 0 saturated carbocycles. The third-order valence-corrected chi connectivity index (χ3v) is 3.59. The molecule has 2 aromatic carbocycles. The Bertz CT molecular complexity index is 597. The molecule has 0 heterocycles. The van der Waals surface area contributed by atoms with E-state index in [0.29, 0.717) is 27.4 Å². The summed E-state index contributed by atoms with van der Waals surface area (Å²) in [6, 6.07) is 13.2. The fraction of sp³-hybridized carbons (Fsp3) is 0.133. The highest BCUT2D eigenvalue weighted by Gasteiger charge is 2.11. The lowest BCUT2D eigenvalue weighted by atomic mass is 10.1. The summed E-state index contributed by atoms with van der Waals surface area (Å²) in [7, 11) is 0. The molecule has 0 aliphatic heterocycles. The third kappa shape index (κ3) is 3.58. The quantitative estimate of drug-likeness (QED) is 0.742. The number of hydrogen-bond donors (Lipinski definition) is 0. The molecule has 19 heavy (non-hydrogen) atoms. The molecule has 98 valence electrons. The van der Waals surface area contributed by atoms with Crippen molar-refractivity contribution >= 4 is 33.3 Å². The van der Waals surface area contributed by atoms with Gasteiger partial charge >= 0.3 is 0 Å². The summed E-state index contributed by atoms with van der Waals surface area (Å²) < 4.78 is 6.35. The summed E-state index contributed by atoms with van der Waals surface area (Å²) in [5.74, 6) is 0.519. The monoisotopic (exact) mass is 338 g/mol. The van der Waals surface area contributed by atoms with E-state index in [2.05, 4.69) is 15.9 Å². The highest BCUT2D eigenvalue weighted by atomic mass is 79.9. The minimum absolute atomic E-state index is 0.0385. The number of hydrogen-bond acceptors (Lipinski definition) is 2. The van der Waals surface area contributed by atoms with Crippen molar-refractivity contribution < 1.29 is 9.53 Å². The molecule has 4 heteroatoms. The van der Waals surface area contributed by atoms with Crippen molar-refractivity contribution in [1.29, 1.82) is 0 Å². The van der Waals surface area contributed by atoms with Gasteiger partial charge in [-0.25, -0.2) is 0 Å². The lowest BCUT2D eigenvalue weighted by Crippen LogP contribution is -1.99. The van der Waals surface area contributed by atoms with Gasteiger partial charge in [0.15, 0.2) is 5.78 Å². The van der Waals surface area contributed by atoms with Gasteiger partial charge in [0.1, 0.15) is 12.4 Å². The van der Waals surface area contributed by atoms with E-state index in [0.717, 1.165) is 5.56 Å². The first-order valence-corrected chi connectivity index (χ1v) is 6.91. The number of carbonyl (C=O) groups excluding carboxylic acids is 1. The Labute approximate surface area is 125 Å². The SMILES string of the molecule is CC(=O)c1cc(Cl)c(OCc2ccccc2)cc1Br. The maximum Gasteiger partial charge on any atom is 0.160 e. The molecular weight excluding hydrogens is 328 g/mol. The Morgan fingerprint density at radius 2 is 1.95 bits per heavy atom. The van der Waals surface area contributed by atoms with Gasteiger partial charge < -0.3 is 4.74 Å². The van der Waals surface area contributed by atoms with Gasteiger partial charge in [0.25, 0.3) is 0 Å². The minimum atomic E-state index is -0.0385. The average Bonchev–Trinajstić information content (AvgIpc) is 2.40. The molecule has 2 nitrogen and oxygen atoms in total. The van der Waals surface area contributed by atoms with E-state index in [-0.39, 0.29) is 5.78 Å². The molecule has 0 amide bonds. The summed E-state index contributed by atoms with van der Waals surface area (Å²) in [4.78, 5) is 11.4. The van der Waals surface area contributed by atoms with Crippen LogP contribution in [0.4, 0.5) is 0 Å². The molecule has 2 rings (SSSR count). The Kier molecular flexibility index (Phi) is 4.61. The number of benzene rings is 2. The summed E-state index contributed by atoms with van der Waals surface area (Å²) in [6.45, 7) is 1.94. The summed E-state index contributed by atoms with van der Waals surface area (Å²) >= 11 is 9.46. The number of carbonyl (C=O) groups is 1. The summed E-state index contributed by atoms with van der Waals surface area (Å²) in [5.41, 5.74) is 1.61. The Balaban J connectivity index is 2.17. The van der Waals surface area contributed by atoms with Gasteiger partial charge in [0.05, 0.1) is 5.02 Å². The first kappa shape index (κ1) is 14.1. The Hall–Kier alpha value is -1.32.